The number of carbonyl (C=O) groups excluding carboxylic acids is 2. The van der Waals surface area contributed by atoms with E-state index in [2.05, 4.69) is 0 Å². The van der Waals surface area contributed by atoms with Gasteiger partial charge < -0.3 is 4.90 Å². The van der Waals surface area contributed by atoms with Crippen LogP contribution in [-0.4, -0.2) is 23.6 Å². The highest BCUT2D eigenvalue weighted by atomic mass is 35.5. The zero-order chi connectivity index (χ0) is 14.0. The van der Waals surface area contributed by atoms with E-state index in [1.165, 1.54) is 0 Å². The van der Waals surface area contributed by atoms with Crippen LogP contribution in [0.4, 0.5) is 5.69 Å². The molecule has 0 bridgehead atoms. The van der Waals surface area contributed by atoms with Gasteiger partial charge in [0.15, 0.2) is 5.78 Å². The SMILES string of the molecule is CC(C)N1C(=O)CCCc2cc(C(=O)CCl)ccc21. The predicted molar refractivity (Wildman–Crippen MR) is 77.1 cm³/mol. The van der Waals surface area contributed by atoms with Gasteiger partial charge in [0, 0.05) is 23.7 Å². The van der Waals surface area contributed by atoms with Crippen molar-refractivity contribution in [2.45, 2.75) is 39.2 Å². The molecule has 0 radical (unpaired) electrons. The Morgan fingerprint density at radius 3 is 2.74 bits per heavy atom. The fourth-order valence-corrected chi connectivity index (χ4v) is 2.68. The first kappa shape index (κ1) is 14.1. The smallest absolute Gasteiger partial charge is 0.227 e. The van der Waals surface area contributed by atoms with E-state index >= 15 is 0 Å². The van der Waals surface area contributed by atoms with Crippen LogP contribution in [0.5, 0.6) is 0 Å². The number of aryl methyl sites for hydroxylation is 1. The maximum Gasteiger partial charge on any atom is 0.227 e. The maximum absolute atomic E-state index is 12.1. The number of fused-ring (bicyclic) bond motifs is 1. The van der Waals surface area contributed by atoms with Gasteiger partial charge >= 0.3 is 0 Å². The third-order valence-electron chi connectivity index (χ3n) is 3.40. The topological polar surface area (TPSA) is 37.4 Å². The molecule has 1 aromatic rings. The van der Waals surface area contributed by atoms with E-state index in [1.807, 2.05) is 30.9 Å². The highest BCUT2D eigenvalue weighted by Gasteiger charge is 2.24. The van der Waals surface area contributed by atoms with Crippen LogP contribution in [0.25, 0.3) is 0 Å². The molecule has 102 valence electrons. The number of alkyl halides is 1. The number of benzene rings is 1. The number of hydrogen-bond acceptors (Lipinski definition) is 2. The summed E-state index contributed by atoms with van der Waals surface area (Å²) in [4.78, 5) is 25.6. The van der Waals surface area contributed by atoms with Gasteiger partial charge in [0.1, 0.15) is 0 Å². The molecule has 1 heterocycles. The van der Waals surface area contributed by atoms with Crippen LogP contribution in [0.15, 0.2) is 18.2 Å². The molecular formula is C15H18ClNO2. The largest absolute Gasteiger partial charge is 0.310 e. The molecule has 0 atom stereocenters. The minimum Gasteiger partial charge on any atom is -0.310 e. The number of hydrogen-bond donors (Lipinski definition) is 0. The summed E-state index contributed by atoms with van der Waals surface area (Å²) >= 11 is 5.59. The van der Waals surface area contributed by atoms with Gasteiger partial charge in [0.2, 0.25) is 5.91 Å². The van der Waals surface area contributed by atoms with E-state index in [-0.39, 0.29) is 23.6 Å². The minimum absolute atomic E-state index is 0.00832. The number of Topliss-reactive ketones (excluding diaryl/α,β-unsaturated/α-hetero) is 1. The Labute approximate surface area is 118 Å². The van der Waals surface area contributed by atoms with Crippen LogP contribution >= 0.6 is 11.6 Å². The molecule has 1 aliphatic heterocycles. The van der Waals surface area contributed by atoms with Crippen molar-refractivity contribution in [3.8, 4) is 0 Å². The lowest BCUT2D eigenvalue weighted by Crippen LogP contribution is -2.36. The second-order valence-corrected chi connectivity index (χ2v) is 5.38. The van der Waals surface area contributed by atoms with Crippen molar-refractivity contribution in [1.29, 1.82) is 0 Å². The Morgan fingerprint density at radius 1 is 1.37 bits per heavy atom. The Morgan fingerprint density at radius 2 is 2.11 bits per heavy atom. The van der Waals surface area contributed by atoms with E-state index in [1.54, 1.807) is 6.07 Å². The Kier molecular flexibility index (Phi) is 4.25. The molecule has 0 saturated carbocycles. The van der Waals surface area contributed by atoms with Gasteiger partial charge in [-0.1, -0.05) is 0 Å². The number of carbonyl (C=O) groups is 2. The fourth-order valence-electron chi connectivity index (χ4n) is 2.52. The molecule has 0 spiro atoms. The van der Waals surface area contributed by atoms with E-state index in [4.69, 9.17) is 11.6 Å². The zero-order valence-electron chi connectivity index (χ0n) is 11.3. The van der Waals surface area contributed by atoms with Crippen LogP contribution in [0, 0.1) is 0 Å². The molecule has 4 heteroatoms. The van der Waals surface area contributed by atoms with Crippen LogP contribution < -0.4 is 4.90 Å². The summed E-state index contributed by atoms with van der Waals surface area (Å²) < 4.78 is 0. The summed E-state index contributed by atoms with van der Waals surface area (Å²) in [5.41, 5.74) is 2.63. The lowest BCUT2D eigenvalue weighted by molar-refractivity contribution is -0.118. The summed E-state index contributed by atoms with van der Waals surface area (Å²) in [6, 6.07) is 5.64. The average Bonchev–Trinajstić information content (AvgIpc) is 2.55. The van der Waals surface area contributed by atoms with Crippen molar-refractivity contribution in [3.63, 3.8) is 0 Å². The lowest BCUT2D eigenvalue weighted by Gasteiger charge is -2.27. The molecule has 0 saturated heterocycles. The summed E-state index contributed by atoms with van der Waals surface area (Å²) in [5, 5.41) is 0. The number of ketones is 1. The zero-order valence-corrected chi connectivity index (χ0v) is 12.0. The van der Waals surface area contributed by atoms with Gasteiger partial charge in [0.05, 0.1) is 5.88 Å². The van der Waals surface area contributed by atoms with Gasteiger partial charge in [-0.05, 0) is 50.5 Å². The van der Waals surface area contributed by atoms with Crippen molar-refractivity contribution in [2.75, 3.05) is 10.8 Å². The number of amides is 1. The highest BCUT2D eigenvalue weighted by molar-refractivity contribution is 6.30. The number of nitrogens with zero attached hydrogens (tertiary/aromatic N) is 1. The highest BCUT2D eigenvalue weighted by Crippen LogP contribution is 2.29. The molecule has 1 aromatic carbocycles. The lowest BCUT2D eigenvalue weighted by atomic mass is 10.0. The standard InChI is InChI=1S/C15H18ClNO2/c1-10(2)17-13-7-6-12(14(18)9-16)8-11(13)4-3-5-15(17)19/h6-8,10H,3-5,9H2,1-2H3. The molecule has 0 aromatic heterocycles. The first-order valence-corrected chi connectivity index (χ1v) is 7.12. The Balaban J connectivity index is 2.47. The Bertz CT molecular complexity index is 511. The van der Waals surface area contributed by atoms with Crippen molar-refractivity contribution in [2.24, 2.45) is 0 Å². The summed E-state index contributed by atoms with van der Waals surface area (Å²) in [6.07, 6.45) is 2.22. The van der Waals surface area contributed by atoms with Crippen LogP contribution in [0.1, 0.15) is 42.6 Å². The third kappa shape index (κ3) is 2.81. The first-order valence-electron chi connectivity index (χ1n) is 6.58. The number of anilines is 1. The van der Waals surface area contributed by atoms with E-state index in [0.29, 0.717) is 12.0 Å². The monoisotopic (exact) mass is 279 g/mol. The van der Waals surface area contributed by atoms with Gasteiger partial charge in [-0.15, -0.1) is 11.6 Å². The molecule has 1 amide bonds. The second-order valence-electron chi connectivity index (χ2n) is 5.11. The van der Waals surface area contributed by atoms with E-state index < -0.39 is 0 Å². The summed E-state index contributed by atoms with van der Waals surface area (Å²) in [6.45, 7) is 4.01. The van der Waals surface area contributed by atoms with Crippen molar-refractivity contribution < 1.29 is 9.59 Å². The molecule has 0 fully saturated rings. The minimum atomic E-state index is -0.0730. The Hall–Kier alpha value is -1.35. The van der Waals surface area contributed by atoms with Crippen LogP contribution in [-0.2, 0) is 11.2 Å². The molecule has 2 rings (SSSR count). The second kappa shape index (κ2) is 5.74. The molecule has 0 N–H and O–H groups in total. The van der Waals surface area contributed by atoms with Crippen molar-refractivity contribution >= 4 is 29.0 Å². The molecule has 19 heavy (non-hydrogen) atoms. The van der Waals surface area contributed by atoms with E-state index in [0.717, 1.165) is 24.1 Å². The fraction of sp³-hybridized carbons (Fsp3) is 0.467. The molecule has 0 aliphatic carbocycles. The van der Waals surface area contributed by atoms with Crippen molar-refractivity contribution in [1.82, 2.24) is 0 Å². The molecule has 0 unspecified atom stereocenters. The van der Waals surface area contributed by atoms with Crippen molar-refractivity contribution in [3.05, 3.63) is 29.3 Å². The van der Waals surface area contributed by atoms with Gasteiger partial charge in [-0.25, -0.2) is 0 Å². The average molecular weight is 280 g/mol. The molecule has 3 nitrogen and oxygen atoms in total. The van der Waals surface area contributed by atoms with E-state index in [9.17, 15) is 9.59 Å². The summed E-state index contributed by atoms with van der Waals surface area (Å²) in [5.74, 6) is 0.0762. The van der Waals surface area contributed by atoms with Gasteiger partial charge in [-0.3, -0.25) is 9.59 Å². The molecule has 1 aliphatic rings. The maximum atomic E-state index is 12.1. The summed E-state index contributed by atoms with van der Waals surface area (Å²) in [7, 11) is 0. The number of rotatable bonds is 3. The quantitative estimate of drug-likeness (QED) is 0.629. The van der Waals surface area contributed by atoms with Gasteiger partial charge in [-0.2, -0.15) is 0 Å². The molecular weight excluding hydrogens is 262 g/mol. The number of halogens is 1. The predicted octanol–water partition coefficient (Wildman–Crippen LogP) is 3.19. The van der Waals surface area contributed by atoms with Gasteiger partial charge in [0.25, 0.3) is 0 Å². The third-order valence-corrected chi connectivity index (χ3v) is 3.65. The van der Waals surface area contributed by atoms with Crippen LogP contribution in [0.3, 0.4) is 0 Å². The normalized spacial score (nSPS) is 15.4. The van der Waals surface area contributed by atoms with Crippen LogP contribution in [0.2, 0.25) is 0 Å². The first-order chi connectivity index (χ1) is 9.04.